The number of benzene rings is 1. The van der Waals surface area contributed by atoms with Crippen LogP contribution in [0, 0.1) is 23.3 Å². The molecule has 17 heavy (non-hydrogen) atoms. The van der Waals surface area contributed by atoms with E-state index in [1.54, 1.807) is 0 Å². The van der Waals surface area contributed by atoms with E-state index in [-0.39, 0.29) is 12.1 Å². The lowest BCUT2D eigenvalue weighted by molar-refractivity contribution is -0.137. The second kappa shape index (κ2) is 7.65. The number of aliphatic carboxylic acids is 1. The Morgan fingerprint density at radius 2 is 1.41 bits per heavy atom. The highest BCUT2D eigenvalue weighted by Gasteiger charge is 2.07. The lowest BCUT2D eigenvalue weighted by Gasteiger charge is -1.92. The van der Waals surface area contributed by atoms with E-state index < -0.39 is 29.2 Å². The summed E-state index contributed by atoms with van der Waals surface area (Å²) in [6.45, 7) is 1.98. The molecule has 6 heteroatoms. The molecule has 2 nitrogen and oxygen atoms in total. The van der Waals surface area contributed by atoms with Gasteiger partial charge in [-0.3, -0.25) is 4.79 Å². The quantitative estimate of drug-likeness (QED) is 0.660. The summed E-state index contributed by atoms with van der Waals surface area (Å²) in [5, 5.41) is 8.04. The summed E-state index contributed by atoms with van der Waals surface area (Å²) < 4.78 is 47.9. The number of carbonyl (C=O) groups is 1. The van der Waals surface area contributed by atoms with Crippen LogP contribution in [0.4, 0.5) is 17.6 Å². The third-order valence-corrected chi connectivity index (χ3v) is 1.71. The normalized spacial score (nSPS) is 9.47. The fourth-order valence-electron chi connectivity index (χ4n) is 0.826. The van der Waals surface area contributed by atoms with Gasteiger partial charge in [0.25, 0.3) is 0 Å². The van der Waals surface area contributed by atoms with Crippen LogP contribution in [0.3, 0.4) is 0 Å². The number of carboxylic acids is 1. The fraction of sp³-hybridized carbons (Fsp3) is 0.364. The van der Waals surface area contributed by atoms with Gasteiger partial charge in [-0.1, -0.05) is 13.3 Å². The Hall–Kier alpha value is -1.59. The number of halogens is 4. The van der Waals surface area contributed by atoms with Crippen LogP contribution in [0.25, 0.3) is 0 Å². The van der Waals surface area contributed by atoms with Crippen LogP contribution in [0.1, 0.15) is 26.2 Å². The molecule has 1 aromatic rings. The Morgan fingerprint density at radius 3 is 1.59 bits per heavy atom. The molecule has 0 aliphatic carbocycles. The minimum Gasteiger partial charge on any atom is -0.481 e. The molecule has 0 amide bonds. The number of carboxylic acid groups (broad SMARTS) is 1. The van der Waals surface area contributed by atoms with E-state index in [1.807, 2.05) is 6.92 Å². The Morgan fingerprint density at radius 1 is 1.06 bits per heavy atom. The van der Waals surface area contributed by atoms with E-state index >= 15 is 0 Å². The molecule has 0 atom stereocenters. The molecule has 0 aromatic heterocycles. The zero-order chi connectivity index (χ0) is 13.4. The van der Waals surface area contributed by atoms with E-state index in [1.165, 1.54) is 0 Å². The Labute approximate surface area is 95.9 Å². The molecule has 96 valence electrons. The van der Waals surface area contributed by atoms with Crippen LogP contribution >= 0.6 is 0 Å². The smallest absolute Gasteiger partial charge is 0.303 e. The summed E-state index contributed by atoms with van der Waals surface area (Å²) in [7, 11) is 0. The van der Waals surface area contributed by atoms with E-state index in [0.717, 1.165) is 12.8 Å². The van der Waals surface area contributed by atoms with E-state index in [9.17, 15) is 22.4 Å². The van der Waals surface area contributed by atoms with Crippen molar-refractivity contribution < 1.29 is 27.5 Å². The molecule has 1 rings (SSSR count). The van der Waals surface area contributed by atoms with Gasteiger partial charge in [0.05, 0.1) is 0 Å². The lowest BCUT2D eigenvalue weighted by atomic mass is 10.3. The summed E-state index contributed by atoms with van der Waals surface area (Å²) in [5.74, 6) is -6.25. The molecule has 0 aliphatic rings. The molecule has 0 bridgehead atoms. The van der Waals surface area contributed by atoms with Gasteiger partial charge in [0.15, 0.2) is 23.3 Å². The second-order valence-corrected chi connectivity index (χ2v) is 3.18. The zero-order valence-corrected chi connectivity index (χ0v) is 9.14. The topological polar surface area (TPSA) is 37.3 Å². The molecule has 0 unspecified atom stereocenters. The van der Waals surface area contributed by atoms with Crippen LogP contribution in [0.15, 0.2) is 12.1 Å². The summed E-state index contributed by atoms with van der Waals surface area (Å²) in [5.41, 5.74) is 0. The van der Waals surface area contributed by atoms with Crippen LogP contribution < -0.4 is 0 Å². The van der Waals surface area contributed by atoms with Crippen LogP contribution in [-0.2, 0) is 4.79 Å². The number of rotatable bonds is 3. The van der Waals surface area contributed by atoms with E-state index in [0.29, 0.717) is 6.42 Å². The first kappa shape index (κ1) is 15.4. The van der Waals surface area contributed by atoms with Crippen molar-refractivity contribution in [2.45, 2.75) is 26.2 Å². The number of hydrogen-bond acceptors (Lipinski definition) is 1. The molecule has 0 spiro atoms. The maximum atomic E-state index is 12.0. The van der Waals surface area contributed by atoms with Crippen molar-refractivity contribution in [1.82, 2.24) is 0 Å². The molecule has 0 heterocycles. The average molecular weight is 252 g/mol. The second-order valence-electron chi connectivity index (χ2n) is 3.18. The Kier molecular flexibility index (Phi) is 6.93. The zero-order valence-electron chi connectivity index (χ0n) is 9.14. The van der Waals surface area contributed by atoms with Gasteiger partial charge in [-0.05, 0) is 6.42 Å². The third-order valence-electron chi connectivity index (χ3n) is 1.71. The van der Waals surface area contributed by atoms with E-state index in [4.69, 9.17) is 5.11 Å². The lowest BCUT2D eigenvalue weighted by Crippen LogP contribution is -1.91. The van der Waals surface area contributed by atoms with Gasteiger partial charge in [0, 0.05) is 18.6 Å². The van der Waals surface area contributed by atoms with Crippen molar-refractivity contribution in [3.8, 4) is 0 Å². The van der Waals surface area contributed by atoms with Gasteiger partial charge in [-0.15, -0.1) is 0 Å². The van der Waals surface area contributed by atoms with Gasteiger partial charge >= 0.3 is 5.97 Å². The summed E-state index contributed by atoms with van der Waals surface area (Å²) >= 11 is 0. The highest BCUT2D eigenvalue weighted by atomic mass is 19.2. The summed E-state index contributed by atoms with van der Waals surface area (Å²) in [6, 6.07) is 0.315. The molecule has 1 N–H and O–H groups in total. The van der Waals surface area contributed by atoms with Gasteiger partial charge in [0.2, 0.25) is 0 Å². The Balaban J connectivity index is 0.000000325. The molecule has 0 saturated carbocycles. The van der Waals surface area contributed by atoms with Crippen molar-refractivity contribution in [2.75, 3.05) is 0 Å². The van der Waals surface area contributed by atoms with Crippen molar-refractivity contribution in [3.63, 3.8) is 0 Å². The summed E-state index contributed by atoms with van der Waals surface area (Å²) in [4.78, 5) is 9.76. The number of hydrogen-bond donors (Lipinski definition) is 1. The van der Waals surface area contributed by atoms with Crippen molar-refractivity contribution in [3.05, 3.63) is 35.4 Å². The first-order valence-electron chi connectivity index (χ1n) is 4.90. The minimum absolute atomic E-state index is 0.157. The molecule has 1 aromatic carbocycles. The highest BCUT2D eigenvalue weighted by molar-refractivity contribution is 5.66. The van der Waals surface area contributed by atoms with Gasteiger partial charge < -0.3 is 5.11 Å². The van der Waals surface area contributed by atoms with Gasteiger partial charge in [0.1, 0.15) is 0 Å². The van der Waals surface area contributed by atoms with Crippen molar-refractivity contribution >= 4 is 5.97 Å². The maximum absolute atomic E-state index is 12.0. The molecule has 0 aliphatic heterocycles. The molecule has 0 fully saturated rings. The fourth-order valence-corrected chi connectivity index (χ4v) is 0.826. The summed E-state index contributed by atoms with van der Waals surface area (Å²) in [6.07, 6.45) is 2.08. The molecule has 0 radical (unpaired) electrons. The van der Waals surface area contributed by atoms with Gasteiger partial charge in [-0.25, -0.2) is 17.6 Å². The monoisotopic (exact) mass is 252 g/mol. The molecular formula is C11H12F4O2. The maximum Gasteiger partial charge on any atom is 0.303 e. The van der Waals surface area contributed by atoms with E-state index in [2.05, 4.69) is 0 Å². The first-order valence-corrected chi connectivity index (χ1v) is 4.90. The SMILES string of the molecule is CCCCC(=O)O.Fc1cc(F)c(F)cc1F. The van der Waals surface area contributed by atoms with Crippen molar-refractivity contribution in [1.29, 1.82) is 0 Å². The standard InChI is InChI=1S/C6H2F4.C5H10O2/c7-3-1-4(8)6(10)2-5(3)9;1-2-3-4-5(6)7/h1-2H;2-4H2,1H3,(H,6,7). The van der Waals surface area contributed by atoms with Crippen LogP contribution in [0.5, 0.6) is 0 Å². The first-order chi connectivity index (χ1) is 7.88. The molecule has 0 saturated heterocycles. The third kappa shape index (κ3) is 6.55. The Bertz CT molecular complexity index is 330. The predicted octanol–water partition coefficient (Wildman–Crippen LogP) is 3.50. The van der Waals surface area contributed by atoms with Crippen LogP contribution in [-0.4, -0.2) is 11.1 Å². The average Bonchev–Trinajstić information content (AvgIpc) is 2.24. The van der Waals surface area contributed by atoms with Crippen LogP contribution in [0.2, 0.25) is 0 Å². The predicted molar refractivity (Wildman–Crippen MR) is 53.4 cm³/mol. The number of unbranched alkanes of at least 4 members (excludes halogenated alkanes) is 1. The largest absolute Gasteiger partial charge is 0.481 e. The minimum atomic E-state index is -1.39. The van der Waals surface area contributed by atoms with Crippen molar-refractivity contribution in [2.24, 2.45) is 0 Å². The molecular weight excluding hydrogens is 240 g/mol. The highest BCUT2D eigenvalue weighted by Crippen LogP contribution is 2.11. The van der Waals surface area contributed by atoms with Gasteiger partial charge in [-0.2, -0.15) is 0 Å².